The van der Waals surface area contributed by atoms with Crippen molar-refractivity contribution in [3.05, 3.63) is 34.7 Å². The second-order valence-electron chi connectivity index (χ2n) is 5.60. The summed E-state index contributed by atoms with van der Waals surface area (Å²) in [7, 11) is 0. The average molecular weight is 259 g/mol. The molecule has 0 bridgehead atoms. The van der Waals surface area contributed by atoms with Gasteiger partial charge in [-0.05, 0) is 56.5 Å². The SMILES string of the molecule is Cc1c(C(C)NC(C)C2CC2)sc2ccccc12. The lowest BCUT2D eigenvalue weighted by atomic mass is 10.1. The van der Waals surface area contributed by atoms with Gasteiger partial charge in [-0.1, -0.05) is 18.2 Å². The zero-order chi connectivity index (χ0) is 12.7. The summed E-state index contributed by atoms with van der Waals surface area (Å²) in [6.45, 7) is 6.89. The molecule has 96 valence electrons. The van der Waals surface area contributed by atoms with Crippen molar-refractivity contribution in [2.75, 3.05) is 0 Å². The Kier molecular flexibility index (Phi) is 3.16. The van der Waals surface area contributed by atoms with Crippen molar-refractivity contribution in [3.63, 3.8) is 0 Å². The molecule has 2 atom stereocenters. The fraction of sp³-hybridized carbons (Fsp3) is 0.500. The molecule has 1 aromatic heterocycles. The highest BCUT2D eigenvalue weighted by Gasteiger charge is 2.29. The molecule has 1 aromatic carbocycles. The van der Waals surface area contributed by atoms with Crippen LogP contribution in [0.2, 0.25) is 0 Å². The van der Waals surface area contributed by atoms with E-state index < -0.39 is 0 Å². The summed E-state index contributed by atoms with van der Waals surface area (Å²) in [6.07, 6.45) is 2.82. The van der Waals surface area contributed by atoms with Gasteiger partial charge in [0.1, 0.15) is 0 Å². The normalized spacial score (nSPS) is 19.1. The van der Waals surface area contributed by atoms with E-state index in [9.17, 15) is 0 Å². The van der Waals surface area contributed by atoms with Crippen molar-refractivity contribution in [2.24, 2.45) is 5.92 Å². The van der Waals surface area contributed by atoms with Gasteiger partial charge in [0.05, 0.1) is 0 Å². The molecule has 2 unspecified atom stereocenters. The molecule has 3 rings (SSSR count). The van der Waals surface area contributed by atoms with E-state index in [2.05, 4.69) is 50.4 Å². The smallest absolute Gasteiger partial charge is 0.0391 e. The van der Waals surface area contributed by atoms with E-state index in [1.165, 1.54) is 33.4 Å². The van der Waals surface area contributed by atoms with Crippen molar-refractivity contribution in [3.8, 4) is 0 Å². The quantitative estimate of drug-likeness (QED) is 0.842. The first-order valence-corrected chi connectivity index (χ1v) is 7.72. The van der Waals surface area contributed by atoms with Gasteiger partial charge in [0.2, 0.25) is 0 Å². The van der Waals surface area contributed by atoms with Gasteiger partial charge < -0.3 is 5.32 Å². The largest absolute Gasteiger partial charge is 0.307 e. The minimum atomic E-state index is 0.470. The number of thiophene rings is 1. The Labute approximate surface area is 113 Å². The van der Waals surface area contributed by atoms with Crippen molar-refractivity contribution in [2.45, 2.75) is 45.7 Å². The van der Waals surface area contributed by atoms with E-state index in [4.69, 9.17) is 0 Å². The van der Waals surface area contributed by atoms with Crippen molar-refractivity contribution >= 4 is 21.4 Å². The molecule has 1 aliphatic rings. The maximum atomic E-state index is 3.77. The highest BCUT2D eigenvalue weighted by Crippen LogP contribution is 2.37. The average Bonchev–Trinajstić information content (AvgIpc) is 3.15. The number of rotatable bonds is 4. The van der Waals surface area contributed by atoms with Crippen LogP contribution in [-0.4, -0.2) is 6.04 Å². The minimum Gasteiger partial charge on any atom is -0.307 e. The minimum absolute atomic E-state index is 0.470. The van der Waals surface area contributed by atoms with Crippen LogP contribution in [0.15, 0.2) is 24.3 Å². The van der Waals surface area contributed by atoms with Crippen LogP contribution in [-0.2, 0) is 0 Å². The Morgan fingerprint density at radius 1 is 1.22 bits per heavy atom. The Balaban J connectivity index is 1.86. The summed E-state index contributed by atoms with van der Waals surface area (Å²) in [5.74, 6) is 0.919. The maximum absolute atomic E-state index is 3.77. The van der Waals surface area contributed by atoms with Gasteiger partial charge in [0.15, 0.2) is 0 Å². The summed E-state index contributed by atoms with van der Waals surface area (Å²) in [6, 6.07) is 9.86. The number of hydrogen-bond donors (Lipinski definition) is 1. The predicted molar refractivity (Wildman–Crippen MR) is 80.3 cm³/mol. The van der Waals surface area contributed by atoms with E-state index in [-0.39, 0.29) is 0 Å². The molecule has 0 radical (unpaired) electrons. The molecule has 1 aliphatic carbocycles. The van der Waals surface area contributed by atoms with Crippen LogP contribution in [0.1, 0.15) is 43.2 Å². The first-order chi connectivity index (χ1) is 8.66. The zero-order valence-corrected chi connectivity index (χ0v) is 12.2. The second kappa shape index (κ2) is 4.67. The molecule has 1 nitrogen and oxygen atoms in total. The standard InChI is InChI=1S/C16H21NS/c1-10-14-6-4-5-7-15(14)18-16(10)12(3)17-11(2)13-8-9-13/h4-7,11-13,17H,8-9H2,1-3H3. The topological polar surface area (TPSA) is 12.0 Å². The Bertz CT molecular complexity index is 553. The molecule has 18 heavy (non-hydrogen) atoms. The van der Waals surface area contributed by atoms with Crippen LogP contribution < -0.4 is 5.32 Å². The lowest BCUT2D eigenvalue weighted by molar-refractivity contribution is 0.444. The fourth-order valence-electron chi connectivity index (χ4n) is 2.81. The summed E-state index contributed by atoms with van der Waals surface area (Å²) in [4.78, 5) is 1.50. The van der Waals surface area contributed by atoms with Crippen LogP contribution in [0.5, 0.6) is 0 Å². The van der Waals surface area contributed by atoms with Crippen LogP contribution in [0.25, 0.3) is 10.1 Å². The zero-order valence-electron chi connectivity index (χ0n) is 11.4. The molecule has 0 spiro atoms. The van der Waals surface area contributed by atoms with Gasteiger partial charge in [0, 0.05) is 21.7 Å². The summed E-state index contributed by atoms with van der Waals surface area (Å²) in [5, 5.41) is 5.19. The summed E-state index contributed by atoms with van der Waals surface area (Å²) < 4.78 is 1.41. The number of hydrogen-bond acceptors (Lipinski definition) is 2. The molecular formula is C16H21NS. The van der Waals surface area contributed by atoms with Crippen molar-refractivity contribution in [1.82, 2.24) is 5.32 Å². The number of benzene rings is 1. The molecule has 0 saturated heterocycles. The molecular weight excluding hydrogens is 238 g/mol. The molecule has 2 aromatic rings. The van der Waals surface area contributed by atoms with Crippen molar-refractivity contribution < 1.29 is 0 Å². The van der Waals surface area contributed by atoms with Gasteiger partial charge >= 0.3 is 0 Å². The lowest BCUT2D eigenvalue weighted by Crippen LogP contribution is -2.30. The first-order valence-electron chi connectivity index (χ1n) is 6.91. The molecule has 0 amide bonds. The van der Waals surface area contributed by atoms with E-state index in [0.29, 0.717) is 12.1 Å². The molecule has 1 heterocycles. The summed E-state index contributed by atoms with van der Waals surface area (Å²) >= 11 is 1.94. The molecule has 2 heteroatoms. The third kappa shape index (κ3) is 2.19. The Hall–Kier alpha value is -0.860. The van der Waals surface area contributed by atoms with E-state index in [1.807, 2.05) is 11.3 Å². The van der Waals surface area contributed by atoms with Crippen LogP contribution in [0.3, 0.4) is 0 Å². The van der Waals surface area contributed by atoms with Crippen LogP contribution >= 0.6 is 11.3 Å². The van der Waals surface area contributed by atoms with Gasteiger partial charge in [-0.3, -0.25) is 0 Å². The van der Waals surface area contributed by atoms with Crippen LogP contribution in [0.4, 0.5) is 0 Å². The van der Waals surface area contributed by atoms with Gasteiger partial charge in [0.25, 0.3) is 0 Å². The fourth-order valence-corrected chi connectivity index (χ4v) is 4.03. The van der Waals surface area contributed by atoms with Gasteiger partial charge in [-0.2, -0.15) is 0 Å². The first kappa shape index (κ1) is 12.2. The number of fused-ring (bicyclic) bond motifs is 1. The third-order valence-corrected chi connectivity index (χ3v) is 5.57. The van der Waals surface area contributed by atoms with E-state index in [0.717, 1.165) is 5.92 Å². The second-order valence-corrected chi connectivity index (χ2v) is 6.69. The summed E-state index contributed by atoms with van der Waals surface area (Å²) in [5.41, 5.74) is 1.46. The van der Waals surface area contributed by atoms with Gasteiger partial charge in [-0.25, -0.2) is 0 Å². The predicted octanol–water partition coefficient (Wildman–Crippen LogP) is 4.66. The third-order valence-electron chi connectivity index (χ3n) is 4.12. The molecule has 1 saturated carbocycles. The van der Waals surface area contributed by atoms with E-state index >= 15 is 0 Å². The van der Waals surface area contributed by atoms with Gasteiger partial charge in [-0.15, -0.1) is 11.3 Å². The molecule has 1 N–H and O–H groups in total. The highest BCUT2D eigenvalue weighted by molar-refractivity contribution is 7.19. The maximum Gasteiger partial charge on any atom is 0.0391 e. The van der Waals surface area contributed by atoms with E-state index in [1.54, 1.807) is 0 Å². The number of aryl methyl sites for hydroxylation is 1. The molecule has 1 fully saturated rings. The monoisotopic (exact) mass is 259 g/mol. The van der Waals surface area contributed by atoms with Crippen molar-refractivity contribution in [1.29, 1.82) is 0 Å². The Morgan fingerprint density at radius 3 is 2.61 bits per heavy atom. The van der Waals surface area contributed by atoms with Crippen LogP contribution in [0, 0.1) is 12.8 Å². The highest BCUT2D eigenvalue weighted by atomic mass is 32.1. The Morgan fingerprint density at radius 2 is 1.94 bits per heavy atom. The lowest BCUT2D eigenvalue weighted by Gasteiger charge is -2.19. The molecule has 0 aliphatic heterocycles. The number of nitrogens with one attached hydrogen (secondary N) is 1.